The van der Waals surface area contributed by atoms with E-state index in [0.29, 0.717) is 12.2 Å². The molecule has 1 N–H and O–H groups in total. The van der Waals surface area contributed by atoms with Crippen molar-refractivity contribution in [3.63, 3.8) is 0 Å². The molecule has 0 spiro atoms. The van der Waals surface area contributed by atoms with Crippen LogP contribution in [0, 0.1) is 5.82 Å². The van der Waals surface area contributed by atoms with Crippen molar-refractivity contribution in [1.29, 1.82) is 0 Å². The standard InChI is InChI=1S/C22H24FN3O2/c1-22(2,3)17-6-10-19(11-7-17)28-15-26-13-12-20(25-26)21(27)24-14-16-4-8-18(23)9-5-16/h4-13H,14-15H2,1-3H3,(H,24,27). The Bertz CT molecular complexity index is 926. The number of hydrogen-bond donors (Lipinski definition) is 1. The van der Waals surface area contributed by atoms with E-state index in [0.717, 1.165) is 11.3 Å². The molecule has 5 nitrogen and oxygen atoms in total. The monoisotopic (exact) mass is 381 g/mol. The molecule has 1 heterocycles. The van der Waals surface area contributed by atoms with E-state index in [-0.39, 0.29) is 23.9 Å². The Balaban J connectivity index is 1.52. The van der Waals surface area contributed by atoms with Crippen molar-refractivity contribution in [2.75, 3.05) is 0 Å². The van der Waals surface area contributed by atoms with Gasteiger partial charge in [-0.1, -0.05) is 45.0 Å². The molecule has 3 rings (SSSR count). The van der Waals surface area contributed by atoms with E-state index in [1.807, 2.05) is 24.3 Å². The molecule has 146 valence electrons. The van der Waals surface area contributed by atoms with Crippen molar-refractivity contribution in [2.24, 2.45) is 0 Å². The van der Waals surface area contributed by atoms with Gasteiger partial charge in [0.2, 0.25) is 0 Å². The fraction of sp³-hybridized carbons (Fsp3) is 0.273. The number of benzene rings is 2. The molecule has 0 radical (unpaired) electrons. The summed E-state index contributed by atoms with van der Waals surface area (Å²) in [4.78, 5) is 12.2. The van der Waals surface area contributed by atoms with E-state index in [1.165, 1.54) is 17.7 Å². The van der Waals surface area contributed by atoms with Crippen molar-refractivity contribution < 1.29 is 13.9 Å². The summed E-state index contributed by atoms with van der Waals surface area (Å²) < 4.78 is 20.2. The highest BCUT2D eigenvalue weighted by Crippen LogP contribution is 2.24. The Morgan fingerprint density at radius 3 is 2.39 bits per heavy atom. The second-order valence-corrected chi connectivity index (χ2v) is 7.60. The lowest BCUT2D eigenvalue weighted by molar-refractivity contribution is 0.0944. The molecule has 3 aromatic rings. The van der Waals surface area contributed by atoms with E-state index in [2.05, 4.69) is 31.2 Å². The van der Waals surface area contributed by atoms with Crippen LogP contribution in [0.15, 0.2) is 60.8 Å². The normalized spacial score (nSPS) is 11.3. The summed E-state index contributed by atoms with van der Waals surface area (Å²) in [5, 5.41) is 6.99. The molecule has 0 aliphatic carbocycles. The summed E-state index contributed by atoms with van der Waals surface area (Å²) in [5.41, 5.74) is 2.44. The fourth-order valence-electron chi connectivity index (χ4n) is 2.62. The van der Waals surface area contributed by atoms with Gasteiger partial charge in [0.25, 0.3) is 5.91 Å². The van der Waals surface area contributed by atoms with Crippen LogP contribution in [0.5, 0.6) is 5.75 Å². The number of amides is 1. The first-order valence-electron chi connectivity index (χ1n) is 9.11. The van der Waals surface area contributed by atoms with Gasteiger partial charge in [-0.05, 0) is 46.9 Å². The summed E-state index contributed by atoms with van der Waals surface area (Å²) in [6.45, 7) is 7.00. The third kappa shape index (κ3) is 5.19. The number of ether oxygens (including phenoxy) is 1. The molecule has 0 unspecified atom stereocenters. The highest BCUT2D eigenvalue weighted by molar-refractivity contribution is 5.92. The van der Waals surface area contributed by atoms with Gasteiger partial charge in [0, 0.05) is 12.7 Å². The molecule has 28 heavy (non-hydrogen) atoms. The van der Waals surface area contributed by atoms with Crippen LogP contribution >= 0.6 is 0 Å². The lowest BCUT2D eigenvalue weighted by atomic mass is 9.87. The average Bonchev–Trinajstić information content (AvgIpc) is 3.14. The quantitative estimate of drug-likeness (QED) is 0.693. The zero-order valence-electron chi connectivity index (χ0n) is 16.3. The van der Waals surface area contributed by atoms with Crippen LogP contribution in [-0.2, 0) is 18.7 Å². The van der Waals surface area contributed by atoms with Crippen LogP contribution in [0.3, 0.4) is 0 Å². The van der Waals surface area contributed by atoms with Crippen LogP contribution in [0.2, 0.25) is 0 Å². The first-order chi connectivity index (χ1) is 13.3. The van der Waals surface area contributed by atoms with Gasteiger partial charge in [-0.25, -0.2) is 9.07 Å². The summed E-state index contributed by atoms with van der Waals surface area (Å²) in [7, 11) is 0. The van der Waals surface area contributed by atoms with Crippen LogP contribution < -0.4 is 10.1 Å². The number of halogens is 1. The minimum Gasteiger partial charge on any atom is -0.471 e. The number of carbonyl (C=O) groups excluding carboxylic acids is 1. The number of hydrogen-bond acceptors (Lipinski definition) is 3. The Morgan fingerprint density at radius 2 is 1.75 bits per heavy atom. The molecule has 0 saturated heterocycles. The fourth-order valence-corrected chi connectivity index (χ4v) is 2.62. The van der Waals surface area contributed by atoms with E-state index in [1.54, 1.807) is 29.1 Å². The highest BCUT2D eigenvalue weighted by Gasteiger charge is 2.13. The third-order valence-electron chi connectivity index (χ3n) is 4.32. The molecule has 2 aromatic carbocycles. The zero-order chi connectivity index (χ0) is 20.1. The minimum atomic E-state index is -0.304. The van der Waals surface area contributed by atoms with Crippen LogP contribution in [0.25, 0.3) is 0 Å². The number of carbonyl (C=O) groups is 1. The van der Waals surface area contributed by atoms with E-state index in [9.17, 15) is 9.18 Å². The number of rotatable bonds is 6. The van der Waals surface area contributed by atoms with Crippen molar-refractivity contribution in [2.45, 2.75) is 39.5 Å². The molecule has 0 saturated carbocycles. The molecule has 0 aliphatic rings. The van der Waals surface area contributed by atoms with Gasteiger partial charge >= 0.3 is 0 Å². The highest BCUT2D eigenvalue weighted by atomic mass is 19.1. The van der Waals surface area contributed by atoms with E-state index in [4.69, 9.17) is 4.74 Å². The Labute approximate surface area is 164 Å². The molecular weight excluding hydrogens is 357 g/mol. The second-order valence-electron chi connectivity index (χ2n) is 7.60. The molecule has 0 fully saturated rings. The van der Waals surface area contributed by atoms with Gasteiger partial charge in [0.05, 0.1) is 0 Å². The summed E-state index contributed by atoms with van der Waals surface area (Å²) in [6, 6.07) is 15.6. The number of aromatic nitrogens is 2. The SMILES string of the molecule is CC(C)(C)c1ccc(OCn2ccc(C(=O)NCc3ccc(F)cc3)n2)cc1. The van der Waals surface area contributed by atoms with Crippen LogP contribution in [0.4, 0.5) is 4.39 Å². The van der Waals surface area contributed by atoms with Crippen LogP contribution in [0.1, 0.15) is 42.4 Å². The predicted octanol–water partition coefficient (Wildman–Crippen LogP) is 4.29. The maximum absolute atomic E-state index is 12.9. The van der Waals surface area contributed by atoms with E-state index >= 15 is 0 Å². The Hall–Kier alpha value is -3.15. The van der Waals surface area contributed by atoms with Crippen molar-refractivity contribution in [1.82, 2.24) is 15.1 Å². The lowest BCUT2D eigenvalue weighted by Gasteiger charge is -2.19. The third-order valence-corrected chi connectivity index (χ3v) is 4.32. The smallest absolute Gasteiger partial charge is 0.272 e. The second kappa shape index (κ2) is 8.25. The van der Waals surface area contributed by atoms with Gasteiger partial charge in [-0.3, -0.25) is 4.79 Å². The van der Waals surface area contributed by atoms with E-state index < -0.39 is 0 Å². The molecule has 0 aliphatic heterocycles. The lowest BCUT2D eigenvalue weighted by Crippen LogP contribution is -2.23. The molecule has 1 aromatic heterocycles. The van der Waals surface area contributed by atoms with Crippen LogP contribution in [-0.4, -0.2) is 15.7 Å². The zero-order valence-corrected chi connectivity index (χ0v) is 16.3. The van der Waals surface area contributed by atoms with Crippen molar-refractivity contribution >= 4 is 5.91 Å². The van der Waals surface area contributed by atoms with Gasteiger partial charge in [-0.15, -0.1) is 0 Å². The maximum Gasteiger partial charge on any atom is 0.272 e. The first-order valence-corrected chi connectivity index (χ1v) is 9.11. The van der Waals surface area contributed by atoms with Gasteiger partial charge in [0.1, 0.15) is 17.3 Å². The number of nitrogens with zero attached hydrogens (tertiary/aromatic N) is 2. The van der Waals surface area contributed by atoms with Crippen molar-refractivity contribution in [3.8, 4) is 5.75 Å². The average molecular weight is 381 g/mol. The number of nitrogens with one attached hydrogen (secondary N) is 1. The topological polar surface area (TPSA) is 56.1 Å². The minimum absolute atomic E-state index is 0.0939. The summed E-state index contributed by atoms with van der Waals surface area (Å²) in [5.74, 6) is 0.144. The summed E-state index contributed by atoms with van der Waals surface area (Å²) in [6.07, 6.45) is 1.69. The molecular formula is C22H24FN3O2. The molecule has 0 bridgehead atoms. The Kier molecular flexibility index (Phi) is 5.78. The van der Waals surface area contributed by atoms with Gasteiger partial charge in [0.15, 0.2) is 6.73 Å². The predicted molar refractivity (Wildman–Crippen MR) is 106 cm³/mol. The maximum atomic E-state index is 12.9. The molecule has 0 atom stereocenters. The van der Waals surface area contributed by atoms with Gasteiger partial charge in [-0.2, -0.15) is 5.10 Å². The van der Waals surface area contributed by atoms with Gasteiger partial charge < -0.3 is 10.1 Å². The molecule has 6 heteroatoms. The Morgan fingerprint density at radius 1 is 1.07 bits per heavy atom. The van der Waals surface area contributed by atoms with Crippen molar-refractivity contribution in [3.05, 3.63) is 83.4 Å². The largest absolute Gasteiger partial charge is 0.471 e. The first kappa shape index (κ1) is 19.6. The molecule has 1 amide bonds. The summed E-state index contributed by atoms with van der Waals surface area (Å²) >= 11 is 0.